The van der Waals surface area contributed by atoms with Crippen LogP contribution < -0.4 is 5.32 Å². The second kappa shape index (κ2) is 6.73. The van der Waals surface area contributed by atoms with Crippen LogP contribution in [0.3, 0.4) is 0 Å². The molecule has 14 heavy (non-hydrogen) atoms. The Morgan fingerprint density at radius 1 is 1.36 bits per heavy atom. The van der Waals surface area contributed by atoms with Gasteiger partial charge in [0.25, 0.3) is 0 Å². The molecule has 0 radical (unpaired) electrons. The maximum Gasteiger partial charge on any atom is 0.0103 e. The molecule has 0 aromatic heterocycles. The van der Waals surface area contributed by atoms with Gasteiger partial charge in [0.1, 0.15) is 0 Å². The summed E-state index contributed by atoms with van der Waals surface area (Å²) in [6, 6.07) is 0.773. The first-order chi connectivity index (χ1) is 6.81. The van der Waals surface area contributed by atoms with Gasteiger partial charge in [0.05, 0.1) is 0 Å². The van der Waals surface area contributed by atoms with Crippen LogP contribution in [-0.4, -0.2) is 24.6 Å². The zero-order valence-electron chi connectivity index (χ0n) is 9.88. The summed E-state index contributed by atoms with van der Waals surface area (Å²) < 4.78 is 0. The summed E-state index contributed by atoms with van der Waals surface area (Å²) in [4.78, 5) is 0. The topological polar surface area (TPSA) is 12.0 Å². The Morgan fingerprint density at radius 3 is 2.50 bits per heavy atom. The molecule has 0 bridgehead atoms. The SMILES string of the molecule is CCC(CC)CC(NC)C1CCSC1. The summed E-state index contributed by atoms with van der Waals surface area (Å²) in [6.07, 6.45) is 5.49. The maximum absolute atomic E-state index is 3.53. The van der Waals surface area contributed by atoms with Crippen molar-refractivity contribution >= 4 is 11.8 Å². The third-order valence-electron chi connectivity index (χ3n) is 3.65. The third-order valence-corrected chi connectivity index (χ3v) is 4.83. The van der Waals surface area contributed by atoms with E-state index in [0.717, 1.165) is 17.9 Å². The Morgan fingerprint density at radius 2 is 2.07 bits per heavy atom. The summed E-state index contributed by atoms with van der Waals surface area (Å²) in [5.41, 5.74) is 0. The highest BCUT2D eigenvalue weighted by Gasteiger charge is 2.25. The van der Waals surface area contributed by atoms with E-state index in [9.17, 15) is 0 Å². The van der Waals surface area contributed by atoms with Gasteiger partial charge >= 0.3 is 0 Å². The molecule has 1 saturated heterocycles. The quantitative estimate of drug-likeness (QED) is 0.730. The molecule has 2 unspecified atom stereocenters. The van der Waals surface area contributed by atoms with E-state index in [1.165, 1.54) is 37.2 Å². The molecule has 0 aromatic carbocycles. The molecule has 0 amide bonds. The first-order valence-electron chi connectivity index (χ1n) is 6.06. The van der Waals surface area contributed by atoms with Crippen LogP contribution in [0.4, 0.5) is 0 Å². The highest BCUT2D eigenvalue weighted by Crippen LogP contribution is 2.29. The Bertz CT molecular complexity index is 139. The summed E-state index contributed by atoms with van der Waals surface area (Å²) in [7, 11) is 2.13. The van der Waals surface area contributed by atoms with Gasteiger partial charge in [0.15, 0.2) is 0 Å². The van der Waals surface area contributed by atoms with Gasteiger partial charge in [0.2, 0.25) is 0 Å². The number of nitrogens with one attached hydrogen (secondary N) is 1. The van der Waals surface area contributed by atoms with E-state index < -0.39 is 0 Å². The van der Waals surface area contributed by atoms with Gasteiger partial charge < -0.3 is 5.32 Å². The molecule has 1 aliphatic rings. The molecule has 2 heteroatoms. The molecule has 1 nitrogen and oxygen atoms in total. The number of rotatable bonds is 6. The van der Waals surface area contributed by atoms with E-state index >= 15 is 0 Å². The summed E-state index contributed by atoms with van der Waals surface area (Å²) in [5, 5.41) is 3.53. The molecule has 1 rings (SSSR count). The standard InChI is InChI=1S/C12H25NS/c1-4-10(5-2)8-12(13-3)11-6-7-14-9-11/h10-13H,4-9H2,1-3H3. The lowest BCUT2D eigenvalue weighted by atomic mass is 9.87. The normalized spacial score (nSPS) is 24.4. The van der Waals surface area contributed by atoms with Crippen LogP contribution in [0.1, 0.15) is 39.5 Å². The summed E-state index contributed by atoms with van der Waals surface area (Å²) in [5.74, 6) is 4.63. The molecule has 0 aliphatic carbocycles. The fraction of sp³-hybridized carbons (Fsp3) is 1.00. The molecule has 1 heterocycles. The average Bonchev–Trinajstić information content (AvgIpc) is 2.73. The van der Waals surface area contributed by atoms with Gasteiger partial charge in [-0.1, -0.05) is 26.7 Å². The van der Waals surface area contributed by atoms with Crippen molar-refractivity contribution in [2.24, 2.45) is 11.8 Å². The molecule has 0 spiro atoms. The van der Waals surface area contributed by atoms with Crippen LogP contribution >= 0.6 is 11.8 Å². The molecular weight excluding hydrogens is 190 g/mol. The van der Waals surface area contributed by atoms with Crippen molar-refractivity contribution in [1.82, 2.24) is 5.32 Å². The van der Waals surface area contributed by atoms with E-state index in [1.807, 2.05) is 0 Å². The summed E-state index contributed by atoms with van der Waals surface area (Å²) >= 11 is 2.13. The van der Waals surface area contributed by atoms with Crippen LogP contribution in [0.5, 0.6) is 0 Å². The van der Waals surface area contributed by atoms with Crippen molar-refractivity contribution < 1.29 is 0 Å². The van der Waals surface area contributed by atoms with E-state index in [2.05, 4.69) is 38.0 Å². The highest BCUT2D eigenvalue weighted by molar-refractivity contribution is 7.99. The average molecular weight is 215 g/mol. The highest BCUT2D eigenvalue weighted by atomic mass is 32.2. The fourth-order valence-electron chi connectivity index (χ4n) is 2.40. The second-order valence-corrected chi connectivity index (χ2v) is 5.59. The monoisotopic (exact) mass is 215 g/mol. The first-order valence-corrected chi connectivity index (χ1v) is 7.22. The predicted molar refractivity (Wildman–Crippen MR) is 67.0 cm³/mol. The van der Waals surface area contributed by atoms with E-state index in [-0.39, 0.29) is 0 Å². The Hall–Kier alpha value is 0.310. The smallest absolute Gasteiger partial charge is 0.0103 e. The van der Waals surface area contributed by atoms with Crippen molar-refractivity contribution in [2.45, 2.75) is 45.6 Å². The van der Waals surface area contributed by atoms with Crippen LogP contribution in [0.15, 0.2) is 0 Å². The molecule has 84 valence electrons. The number of thioether (sulfide) groups is 1. The van der Waals surface area contributed by atoms with Gasteiger partial charge in [-0.05, 0) is 43.2 Å². The third kappa shape index (κ3) is 3.47. The lowest BCUT2D eigenvalue weighted by Gasteiger charge is -2.26. The fourth-order valence-corrected chi connectivity index (χ4v) is 3.74. The van der Waals surface area contributed by atoms with E-state index in [0.29, 0.717) is 0 Å². The van der Waals surface area contributed by atoms with Gasteiger partial charge in [-0.2, -0.15) is 11.8 Å². The minimum absolute atomic E-state index is 0.773. The number of hydrogen-bond donors (Lipinski definition) is 1. The van der Waals surface area contributed by atoms with Crippen LogP contribution in [0.25, 0.3) is 0 Å². The van der Waals surface area contributed by atoms with Crippen LogP contribution in [-0.2, 0) is 0 Å². The van der Waals surface area contributed by atoms with Gasteiger partial charge in [-0.25, -0.2) is 0 Å². The minimum atomic E-state index is 0.773. The molecule has 2 atom stereocenters. The van der Waals surface area contributed by atoms with Crippen LogP contribution in [0, 0.1) is 11.8 Å². The van der Waals surface area contributed by atoms with Crippen molar-refractivity contribution in [2.75, 3.05) is 18.6 Å². The van der Waals surface area contributed by atoms with Gasteiger partial charge in [0, 0.05) is 6.04 Å². The lowest BCUT2D eigenvalue weighted by molar-refractivity contribution is 0.312. The molecule has 0 saturated carbocycles. The van der Waals surface area contributed by atoms with Crippen molar-refractivity contribution in [3.63, 3.8) is 0 Å². The Balaban J connectivity index is 2.36. The molecule has 0 aromatic rings. The summed E-state index contributed by atoms with van der Waals surface area (Å²) in [6.45, 7) is 4.65. The van der Waals surface area contributed by atoms with Crippen molar-refractivity contribution in [3.8, 4) is 0 Å². The maximum atomic E-state index is 3.53. The lowest BCUT2D eigenvalue weighted by Crippen LogP contribution is -2.35. The largest absolute Gasteiger partial charge is 0.317 e. The first kappa shape index (κ1) is 12.4. The zero-order chi connectivity index (χ0) is 10.4. The Kier molecular flexibility index (Phi) is 5.95. The van der Waals surface area contributed by atoms with Gasteiger partial charge in [-0.15, -0.1) is 0 Å². The molecule has 1 fully saturated rings. The minimum Gasteiger partial charge on any atom is -0.317 e. The van der Waals surface area contributed by atoms with Crippen LogP contribution in [0.2, 0.25) is 0 Å². The Labute approximate surface area is 93.4 Å². The van der Waals surface area contributed by atoms with Crippen molar-refractivity contribution in [1.29, 1.82) is 0 Å². The zero-order valence-corrected chi connectivity index (χ0v) is 10.7. The molecule has 1 N–H and O–H groups in total. The van der Waals surface area contributed by atoms with Crippen molar-refractivity contribution in [3.05, 3.63) is 0 Å². The van der Waals surface area contributed by atoms with Gasteiger partial charge in [-0.3, -0.25) is 0 Å². The number of hydrogen-bond acceptors (Lipinski definition) is 2. The second-order valence-electron chi connectivity index (χ2n) is 4.44. The molecular formula is C12H25NS. The van der Waals surface area contributed by atoms with E-state index in [1.54, 1.807) is 0 Å². The molecule has 1 aliphatic heterocycles. The predicted octanol–water partition coefficient (Wildman–Crippen LogP) is 3.15. The van der Waals surface area contributed by atoms with E-state index in [4.69, 9.17) is 0 Å².